The van der Waals surface area contributed by atoms with Crippen molar-refractivity contribution in [1.82, 2.24) is 4.90 Å². The van der Waals surface area contributed by atoms with E-state index in [0.717, 1.165) is 13.0 Å². The molecular formula is C10H16N2O2S. The van der Waals surface area contributed by atoms with Crippen molar-refractivity contribution in [1.29, 1.82) is 0 Å². The van der Waals surface area contributed by atoms with Crippen molar-refractivity contribution in [3.8, 4) is 0 Å². The van der Waals surface area contributed by atoms with Gasteiger partial charge >= 0.3 is 5.97 Å². The van der Waals surface area contributed by atoms with Gasteiger partial charge in [-0.15, -0.1) is 0 Å². The maximum absolute atomic E-state index is 11.5. The molecule has 1 saturated heterocycles. The molecule has 1 heterocycles. The monoisotopic (exact) mass is 228 g/mol. The van der Waals surface area contributed by atoms with Crippen molar-refractivity contribution in [2.24, 2.45) is 5.73 Å². The highest BCUT2D eigenvalue weighted by atomic mass is 32.1. The predicted molar refractivity (Wildman–Crippen MR) is 60.5 cm³/mol. The van der Waals surface area contributed by atoms with Crippen LogP contribution in [0.25, 0.3) is 0 Å². The van der Waals surface area contributed by atoms with Crippen LogP contribution in [0.4, 0.5) is 0 Å². The molecule has 0 aromatic rings. The molecule has 0 aromatic carbocycles. The number of ether oxygens (including phenoxy) is 1. The Bertz CT molecular complexity index is 279. The fourth-order valence-corrected chi connectivity index (χ4v) is 2.12. The third-order valence-electron chi connectivity index (χ3n) is 2.94. The minimum absolute atomic E-state index is 0.0492. The molecule has 5 heteroatoms. The number of nitrogens with zero attached hydrogens (tertiary/aromatic N) is 1. The van der Waals surface area contributed by atoms with Crippen LogP contribution >= 0.6 is 12.2 Å². The zero-order chi connectivity index (χ0) is 10.8. The van der Waals surface area contributed by atoms with Crippen molar-refractivity contribution in [2.45, 2.75) is 37.8 Å². The van der Waals surface area contributed by atoms with Crippen LogP contribution in [0.15, 0.2) is 0 Å². The van der Waals surface area contributed by atoms with Crippen molar-refractivity contribution in [3.05, 3.63) is 0 Å². The quantitative estimate of drug-likeness (QED) is 0.546. The molecule has 2 N–H and O–H groups in total. The molecule has 0 aromatic heterocycles. The van der Waals surface area contributed by atoms with E-state index in [0.29, 0.717) is 24.1 Å². The second kappa shape index (κ2) is 4.45. The van der Waals surface area contributed by atoms with Gasteiger partial charge < -0.3 is 10.5 Å². The van der Waals surface area contributed by atoms with Crippen LogP contribution in [0.5, 0.6) is 0 Å². The van der Waals surface area contributed by atoms with Crippen molar-refractivity contribution in [2.75, 3.05) is 13.2 Å². The Hall–Kier alpha value is -0.680. The van der Waals surface area contributed by atoms with Crippen LogP contribution in [0.3, 0.4) is 0 Å². The summed E-state index contributed by atoms with van der Waals surface area (Å²) in [5, 5.41) is 0. The van der Waals surface area contributed by atoms with Crippen LogP contribution in [-0.2, 0) is 9.53 Å². The summed E-state index contributed by atoms with van der Waals surface area (Å²) >= 11 is 4.86. The van der Waals surface area contributed by atoms with Crippen LogP contribution in [0.1, 0.15) is 25.7 Å². The summed E-state index contributed by atoms with van der Waals surface area (Å²) in [5.74, 6) is -0.0789. The van der Waals surface area contributed by atoms with Gasteiger partial charge in [0.25, 0.3) is 0 Å². The Balaban J connectivity index is 1.93. The van der Waals surface area contributed by atoms with Crippen molar-refractivity contribution < 1.29 is 9.53 Å². The maximum Gasteiger partial charge on any atom is 0.323 e. The number of carbonyl (C=O) groups is 1. The van der Waals surface area contributed by atoms with Gasteiger partial charge in [-0.1, -0.05) is 12.2 Å². The molecule has 0 spiro atoms. The second-order valence-corrected chi connectivity index (χ2v) is 4.68. The van der Waals surface area contributed by atoms with Gasteiger partial charge in [-0.25, -0.2) is 0 Å². The Morgan fingerprint density at radius 1 is 1.53 bits per heavy atom. The number of carbonyl (C=O) groups excluding carboxylic acids is 1. The summed E-state index contributed by atoms with van der Waals surface area (Å²) in [6.07, 6.45) is 3.87. The maximum atomic E-state index is 11.5. The first-order valence-electron chi connectivity index (χ1n) is 5.39. The van der Waals surface area contributed by atoms with E-state index in [4.69, 9.17) is 22.7 Å². The molecule has 0 bridgehead atoms. The van der Waals surface area contributed by atoms with E-state index in [9.17, 15) is 4.79 Å². The third kappa shape index (κ3) is 2.66. The number of rotatable bonds is 5. The molecule has 1 aliphatic heterocycles. The predicted octanol–water partition coefficient (Wildman–Crippen LogP) is 0.442. The lowest BCUT2D eigenvalue weighted by atomic mass is 10.2. The smallest absolute Gasteiger partial charge is 0.323 e. The standard InChI is InChI=1S/C10H16N2O2S/c11-9(15)3-5-12(7-1-2-7)8-4-6-14-10(8)13/h7-8H,1-6H2,(H2,11,15). The highest BCUT2D eigenvalue weighted by Gasteiger charge is 2.40. The van der Waals surface area contributed by atoms with Crippen LogP contribution < -0.4 is 5.73 Å². The molecular weight excluding hydrogens is 212 g/mol. The number of hydrogen-bond donors (Lipinski definition) is 1. The zero-order valence-electron chi connectivity index (χ0n) is 8.65. The van der Waals surface area contributed by atoms with Gasteiger partial charge in [-0.05, 0) is 12.8 Å². The van der Waals surface area contributed by atoms with E-state index in [1.54, 1.807) is 0 Å². The molecule has 0 amide bonds. The largest absolute Gasteiger partial charge is 0.464 e. The van der Waals surface area contributed by atoms with E-state index >= 15 is 0 Å². The summed E-state index contributed by atoms with van der Waals surface area (Å²) in [7, 11) is 0. The first-order valence-corrected chi connectivity index (χ1v) is 5.80. The molecule has 2 rings (SSSR count). The zero-order valence-corrected chi connectivity index (χ0v) is 9.46. The lowest BCUT2D eigenvalue weighted by Crippen LogP contribution is -2.41. The van der Waals surface area contributed by atoms with Gasteiger partial charge in [0.05, 0.1) is 11.6 Å². The van der Waals surface area contributed by atoms with Crippen molar-refractivity contribution >= 4 is 23.2 Å². The van der Waals surface area contributed by atoms with Gasteiger partial charge in [0.15, 0.2) is 0 Å². The summed E-state index contributed by atoms with van der Waals surface area (Å²) in [4.78, 5) is 14.2. The number of hydrogen-bond acceptors (Lipinski definition) is 4. The first-order chi connectivity index (χ1) is 7.18. The number of cyclic esters (lactones) is 1. The topological polar surface area (TPSA) is 55.6 Å². The fraction of sp³-hybridized carbons (Fsp3) is 0.800. The van der Waals surface area contributed by atoms with E-state index in [1.807, 2.05) is 0 Å². The van der Waals surface area contributed by atoms with Crippen molar-refractivity contribution in [3.63, 3.8) is 0 Å². The molecule has 1 aliphatic carbocycles. The second-order valence-electron chi connectivity index (χ2n) is 4.16. The van der Waals surface area contributed by atoms with E-state index in [-0.39, 0.29) is 12.0 Å². The van der Waals surface area contributed by atoms with Crippen LogP contribution in [-0.4, -0.2) is 41.1 Å². The lowest BCUT2D eigenvalue weighted by Gasteiger charge is -2.25. The van der Waals surface area contributed by atoms with E-state index in [2.05, 4.69) is 4.90 Å². The van der Waals surface area contributed by atoms with Crippen LogP contribution in [0, 0.1) is 0 Å². The Morgan fingerprint density at radius 3 is 2.73 bits per heavy atom. The lowest BCUT2D eigenvalue weighted by molar-refractivity contribution is -0.142. The van der Waals surface area contributed by atoms with Gasteiger partial charge in [0.1, 0.15) is 6.04 Å². The fourth-order valence-electron chi connectivity index (χ4n) is 2.02. The summed E-state index contributed by atoms with van der Waals surface area (Å²) in [6.45, 7) is 1.35. The minimum Gasteiger partial charge on any atom is -0.464 e. The average Bonchev–Trinajstić information content (AvgIpc) is 2.92. The van der Waals surface area contributed by atoms with Gasteiger partial charge in [-0.2, -0.15) is 0 Å². The van der Waals surface area contributed by atoms with Crippen LogP contribution in [0.2, 0.25) is 0 Å². The molecule has 4 nitrogen and oxygen atoms in total. The molecule has 15 heavy (non-hydrogen) atoms. The minimum atomic E-state index is -0.0789. The molecule has 84 valence electrons. The summed E-state index contributed by atoms with van der Waals surface area (Å²) < 4.78 is 4.99. The Morgan fingerprint density at radius 2 is 2.27 bits per heavy atom. The van der Waals surface area contributed by atoms with E-state index in [1.165, 1.54) is 12.8 Å². The Kier molecular flexibility index (Phi) is 3.21. The number of nitrogens with two attached hydrogens (primary N) is 1. The van der Waals surface area contributed by atoms with Gasteiger partial charge in [0, 0.05) is 25.4 Å². The molecule has 2 fully saturated rings. The average molecular weight is 228 g/mol. The first kappa shape index (κ1) is 10.8. The normalized spacial score (nSPS) is 25.7. The molecule has 1 unspecified atom stereocenters. The SMILES string of the molecule is NC(=S)CCN(C1CC1)C1CCOC1=O. The third-order valence-corrected chi connectivity index (χ3v) is 3.14. The van der Waals surface area contributed by atoms with Gasteiger partial charge in [0.2, 0.25) is 0 Å². The summed E-state index contributed by atoms with van der Waals surface area (Å²) in [5.41, 5.74) is 5.48. The highest BCUT2D eigenvalue weighted by molar-refractivity contribution is 7.80. The Labute approximate surface area is 94.7 Å². The van der Waals surface area contributed by atoms with Gasteiger partial charge in [-0.3, -0.25) is 9.69 Å². The molecule has 0 radical (unpaired) electrons. The van der Waals surface area contributed by atoms with E-state index < -0.39 is 0 Å². The highest BCUT2D eigenvalue weighted by Crippen LogP contribution is 2.31. The summed E-state index contributed by atoms with van der Waals surface area (Å²) in [6, 6.07) is 0.502. The molecule has 1 atom stereocenters. The molecule has 1 saturated carbocycles. The molecule has 2 aliphatic rings. The number of esters is 1. The number of thiocarbonyl (C=S) groups is 1.